The zero-order valence-electron chi connectivity index (χ0n) is 13.5. The number of carbonyl (C=O) groups is 1. The van der Waals surface area contributed by atoms with E-state index in [1.54, 1.807) is 24.3 Å². The highest BCUT2D eigenvalue weighted by molar-refractivity contribution is 5.74. The van der Waals surface area contributed by atoms with E-state index >= 15 is 0 Å². The molecule has 0 aromatic heterocycles. The van der Waals surface area contributed by atoms with Gasteiger partial charge in [-0.15, -0.1) is 0 Å². The predicted octanol–water partition coefficient (Wildman–Crippen LogP) is 3.64. The molecule has 4 nitrogen and oxygen atoms in total. The van der Waals surface area contributed by atoms with Crippen molar-refractivity contribution < 1.29 is 19.7 Å². The Morgan fingerprint density at radius 3 is 2.41 bits per heavy atom. The third-order valence-electron chi connectivity index (χ3n) is 4.68. The molecule has 0 saturated heterocycles. The summed E-state index contributed by atoms with van der Waals surface area (Å²) < 4.78 is 6.17. The quantitative estimate of drug-likeness (QED) is 0.871. The number of hydrogen-bond donors (Lipinski definition) is 2. The number of rotatable bonds is 5. The summed E-state index contributed by atoms with van der Waals surface area (Å²) in [5.41, 5.74) is 0.372. The lowest BCUT2D eigenvalue weighted by atomic mass is 9.75. The van der Waals surface area contributed by atoms with Crippen LogP contribution in [0.4, 0.5) is 0 Å². The molecule has 2 N–H and O–H groups in total. The first-order valence-electron chi connectivity index (χ1n) is 8.06. The molecule has 2 rings (SSSR count). The molecule has 1 aromatic rings. The van der Waals surface area contributed by atoms with E-state index in [0.717, 1.165) is 12.2 Å². The van der Waals surface area contributed by atoms with Crippen molar-refractivity contribution in [1.82, 2.24) is 0 Å². The average molecular weight is 306 g/mol. The number of aliphatic hydroxyl groups excluding tert-OH is 1. The van der Waals surface area contributed by atoms with Gasteiger partial charge in [-0.25, -0.2) is 4.79 Å². The van der Waals surface area contributed by atoms with Crippen LogP contribution in [0.15, 0.2) is 24.3 Å². The Morgan fingerprint density at radius 2 is 1.86 bits per heavy atom. The minimum Gasteiger partial charge on any atom is -0.490 e. The second-order valence-electron chi connectivity index (χ2n) is 6.79. The van der Waals surface area contributed by atoms with Crippen molar-refractivity contribution in [2.75, 3.05) is 0 Å². The number of benzene rings is 1. The van der Waals surface area contributed by atoms with Crippen molar-refractivity contribution in [2.45, 2.75) is 52.2 Å². The van der Waals surface area contributed by atoms with Gasteiger partial charge in [0.2, 0.25) is 0 Å². The number of carboxylic acids is 1. The van der Waals surface area contributed by atoms with Crippen molar-refractivity contribution in [1.29, 1.82) is 0 Å². The van der Waals surface area contributed by atoms with Crippen LogP contribution >= 0.6 is 0 Å². The zero-order chi connectivity index (χ0) is 16.3. The molecule has 0 aliphatic heterocycles. The Labute approximate surface area is 132 Å². The summed E-state index contributed by atoms with van der Waals surface area (Å²) in [6.07, 6.45) is 2.24. The Balaban J connectivity index is 2.06. The molecule has 1 aliphatic carbocycles. The SMILES string of the molecule is CC1CCC(C(C)C)C(Oc2ccc(C(O)C(=O)O)cc2)C1. The van der Waals surface area contributed by atoms with Gasteiger partial charge >= 0.3 is 5.97 Å². The number of aliphatic hydroxyl groups is 1. The number of carboxylic acid groups (broad SMARTS) is 1. The van der Waals surface area contributed by atoms with E-state index in [4.69, 9.17) is 9.84 Å². The summed E-state index contributed by atoms with van der Waals surface area (Å²) in [7, 11) is 0. The summed E-state index contributed by atoms with van der Waals surface area (Å²) >= 11 is 0. The molecule has 1 saturated carbocycles. The van der Waals surface area contributed by atoms with E-state index in [9.17, 15) is 9.90 Å². The summed E-state index contributed by atoms with van der Waals surface area (Å²) in [5.74, 6) is 1.32. The van der Waals surface area contributed by atoms with Crippen LogP contribution in [0, 0.1) is 17.8 Å². The Kier molecular flexibility index (Phi) is 5.46. The van der Waals surface area contributed by atoms with Crippen molar-refractivity contribution in [2.24, 2.45) is 17.8 Å². The van der Waals surface area contributed by atoms with Gasteiger partial charge in [-0.2, -0.15) is 0 Å². The van der Waals surface area contributed by atoms with E-state index in [0.29, 0.717) is 23.3 Å². The maximum atomic E-state index is 10.8. The van der Waals surface area contributed by atoms with Crippen LogP contribution in [0.25, 0.3) is 0 Å². The summed E-state index contributed by atoms with van der Waals surface area (Å²) in [5, 5.41) is 18.3. The molecular formula is C18H26O4. The minimum absolute atomic E-state index is 0.207. The van der Waals surface area contributed by atoms with Gasteiger partial charge in [-0.05, 0) is 48.3 Å². The number of ether oxygens (including phenoxy) is 1. The molecule has 4 unspecified atom stereocenters. The molecule has 1 aromatic carbocycles. The fourth-order valence-corrected chi connectivity index (χ4v) is 3.30. The van der Waals surface area contributed by atoms with Crippen LogP contribution in [0.2, 0.25) is 0 Å². The maximum absolute atomic E-state index is 10.8. The van der Waals surface area contributed by atoms with Crippen molar-refractivity contribution in [3.8, 4) is 5.75 Å². The number of aliphatic carboxylic acids is 1. The zero-order valence-corrected chi connectivity index (χ0v) is 13.5. The molecule has 22 heavy (non-hydrogen) atoms. The molecule has 4 heteroatoms. The van der Waals surface area contributed by atoms with E-state index < -0.39 is 12.1 Å². The molecule has 0 radical (unpaired) electrons. The molecule has 0 heterocycles. The molecule has 122 valence electrons. The van der Waals surface area contributed by atoms with E-state index in [1.165, 1.54) is 12.8 Å². The second-order valence-corrected chi connectivity index (χ2v) is 6.79. The molecule has 0 amide bonds. The van der Waals surface area contributed by atoms with Gasteiger partial charge in [-0.1, -0.05) is 39.3 Å². The molecule has 4 atom stereocenters. The molecule has 0 spiro atoms. The van der Waals surface area contributed by atoms with Crippen LogP contribution in [-0.2, 0) is 4.79 Å². The van der Waals surface area contributed by atoms with Gasteiger partial charge in [0.1, 0.15) is 11.9 Å². The normalized spacial score (nSPS) is 26.7. The van der Waals surface area contributed by atoms with Gasteiger partial charge in [0.15, 0.2) is 6.10 Å². The third-order valence-corrected chi connectivity index (χ3v) is 4.68. The highest BCUT2D eigenvalue weighted by atomic mass is 16.5. The Hall–Kier alpha value is -1.55. The smallest absolute Gasteiger partial charge is 0.337 e. The standard InChI is InChI=1S/C18H26O4/c1-11(2)15-9-4-12(3)10-16(15)22-14-7-5-13(6-8-14)17(19)18(20)21/h5-8,11-12,15-17,19H,4,9-10H2,1-3H3,(H,20,21). The first kappa shape index (κ1) is 16.8. The largest absolute Gasteiger partial charge is 0.490 e. The first-order valence-corrected chi connectivity index (χ1v) is 8.06. The van der Waals surface area contributed by atoms with Crippen LogP contribution in [0.5, 0.6) is 5.75 Å². The first-order chi connectivity index (χ1) is 10.4. The maximum Gasteiger partial charge on any atom is 0.337 e. The highest BCUT2D eigenvalue weighted by Gasteiger charge is 2.32. The van der Waals surface area contributed by atoms with Crippen molar-refractivity contribution in [3.05, 3.63) is 29.8 Å². The van der Waals surface area contributed by atoms with Crippen molar-refractivity contribution in [3.63, 3.8) is 0 Å². The lowest BCUT2D eigenvalue weighted by Gasteiger charge is -2.37. The summed E-state index contributed by atoms with van der Waals surface area (Å²) in [4.78, 5) is 10.8. The van der Waals surface area contributed by atoms with E-state index in [2.05, 4.69) is 20.8 Å². The molecular weight excluding hydrogens is 280 g/mol. The lowest BCUT2D eigenvalue weighted by molar-refractivity contribution is -0.146. The van der Waals surface area contributed by atoms with Gasteiger partial charge in [-0.3, -0.25) is 0 Å². The van der Waals surface area contributed by atoms with Gasteiger partial charge in [0.05, 0.1) is 0 Å². The minimum atomic E-state index is -1.48. The van der Waals surface area contributed by atoms with Gasteiger partial charge < -0.3 is 14.9 Å². The third kappa shape index (κ3) is 4.01. The fraction of sp³-hybridized carbons (Fsp3) is 0.611. The van der Waals surface area contributed by atoms with Crippen LogP contribution < -0.4 is 4.74 Å². The fourth-order valence-electron chi connectivity index (χ4n) is 3.30. The van der Waals surface area contributed by atoms with Gasteiger partial charge in [0.25, 0.3) is 0 Å². The Morgan fingerprint density at radius 1 is 1.23 bits per heavy atom. The summed E-state index contributed by atoms with van der Waals surface area (Å²) in [6, 6.07) is 6.73. The van der Waals surface area contributed by atoms with E-state index in [-0.39, 0.29) is 6.10 Å². The van der Waals surface area contributed by atoms with Crippen molar-refractivity contribution >= 4 is 5.97 Å². The predicted molar refractivity (Wildman–Crippen MR) is 84.8 cm³/mol. The number of hydrogen-bond acceptors (Lipinski definition) is 3. The van der Waals surface area contributed by atoms with Crippen LogP contribution in [0.3, 0.4) is 0 Å². The molecule has 0 bridgehead atoms. The van der Waals surface area contributed by atoms with Crippen LogP contribution in [0.1, 0.15) is 51.7 Å². The second kappa shape index (κ2) is 7.14. The lowest BCUT2D eigenvalue weighted by Crippen LogP contribution is -2.36. The monoisotopic (exact) mass is 306 g/mol. The average Bonchev–Trinajstić information content (AvgIpc) is 2.47. The van der Waals surface area contributed by atoms with Crippen LogP contribution in [-0.4, -0.2) is 22.3 Å². The summed E-state index contributed by atoms with van der Waals surface area (Å²) in [6.45, 7) is 6.74. The topological polar surface area (TPSA) is 66.8 Å². The Bertz CT molecular complexity index is 494. The van der Waals surface area contributed by atoms with E-state index in [1.807, 2.05) is 0 Å². The van der Waals surface area contributed by atoms with Gasteiger partial charge in [0, 0.05) is 0 Å². The molecule has 1 aliphatic rings. The molecule has 1 fully saturated rings. The highest BCUT2D eigenvalue weighted by Crippen LogP contribution is 2.36.